The molecule has 154 valence electrons. The van der Waals surface area contributed by atoms with E-state index in [4.69, 9.17) is 0 Å². The van der Waals surface area contributed by atoms with Gasteiger partial charge in [0.2, 0.25) is 11.8 Å². The average molecular weight is 393 g/mol. The van der Waals surface area contributed by atoms with Crippen LogP contribution in [-0.2, 0) is 16.0 Å². The fourth-order valence-corrected chi connectivity index (χ4v) is 4.16. The SMILES string of the molecule is CCN(C(=O)C(C)(C)C(=O)N1CCC(Cc2ccccc2)CC1)c1ccccc1. The molecule has 2 amide bonds. The van der Waals surface area contributed by atoms with E-state index >= 15 is 0 Å². The number of anilines is 1. The highest BCUT2D eigenvalue weighted by Crippen LogP contribution is 2.29. The van der Waals surface area contributed by atoms with Crippen molar-refractivity contribution in [3.05, 3.63) is 66.2 Å². The van der Waals surface area contributed by atoms with Gasteiger partial charge in [0.15, 0.2) is 0 Å². The highest BCUT2D eigenvalue weighted by Gasteiger charge is 2.42. The molecule has 0 aromatic heterocycles. The van der Waals surface area contributed by atoms with Gasteiger partial charge in [0.1, 0.15) is 5.41 Å². The number of hydrogen-bond acceptors (Lipinski definition) is 2. The number of amides is 2. The number of rotatable bonds is 6. The first-order valence-corrected chi connectivity index (χ1v) is 10.6. The molecular weight excluding hydrogens is 360 g/mol. The molecule has 2 aromatic carbocycles. The highest BCUT2D eigenvalue weighted by molar-refractivity contribution is 6.11. The van der Waals surface area contributed by atoms with Gasteiger partial charge in [-0.2, -0.15) is 0 Å². The van der Waals surface area contributed by atoms with Crippen molar-refractivity contribution in [1.82, 2.24) is 4.90 Å². The fraction of sp³-hybridized carbons (Fsp3) is 0.440. The predicted octanol–water partition coefficient (Wildman–Crippen LogP) is 4.55. The molecule has 0 aliphatic carbocycles. The smallest absolute Gasteiger partial charge is 0.242 e. The minimum Gasteiger partial charge on any atom is -0.342 e. The second-order valence-corrected chi connectivity index (χ2v) is 8.44. The van der Waals surface area contributed by atoms with Crippen molar-refractivity contribution in [2.45, 2.75) is 40.0 Å². The standard InChI is InChI=1S/C25H32N2O2/c1-4-27(22-13-9-6-10-14-22)24(29)25(2,3)23(28)26-17-15-21(16-18-26)19-20-11-7-5-8-12-20/h5-14,21H,4,15-19H2,1-3H3. The molecule has 2 aromatic rings. The average Bonchev–Trinajstić information content (AvgIpc) is 2.75. The first-order chi connectivity index (χ1) is 13.9. The summed E-state index contributed by atoms with van der Waals surface area (Å²) in [5, 5.41) is 0. The summed E-state index contributed by atoms with van der Waals surface area (Å²) in [4.78, 5) is 30.1. The lowest BCUT2D eigenvalue weighted by molar-refractivity contribution is -0.148. The van der Waals surface area contributed by atoms with Crippen LogP contribution in [0.25, 0.3) is 0 Å². The Morgan fingerprint density at radius 2 is 1.52 bits per heavy atom. The van der Waals surface area contributed by atoms with Gasteiger partial charge in [-0.15, -0.1) is 0 Å². The summed E-state index contributed by atoms with van der Waals surface area (Å²) in [6.45, 7) is 7.47. The molecule has 1 heterocycles. The molecule has 1 saturated heterocycles. The predicted molar refractivity (Wildman–Crippen MR) is 118 cm³/mol. The highest BCUT2D eigenvalue weighted by atomic mass is 16.2. The van der Waals surface area contributed by atoms with E-state index < -0.39 is 5.41 Å². The largest absolute Gasteiger partial charge is 0.342 e. The lowest BCUT2D eigenvalue weighted by Crippen LogP contribution is -2.52. The van der Waals surface area contributed by atoms with E-state index in [-0.39, 0.29) is 11.8 Å². The second-order valence-electron chi connectivity index (χ2n) is 8.44. The van der Waals surface area contributed by atoms with Crippen LogP contribution in [0, 0.1) is 11.3 Å². The van der Waals surface area contributed by atoms with E-state index in [0.29, 0.717) is 12.5 Å². The van der Waals surface area contributed by atoms with Crippen molar-refractivity contribution in [2.24, 2.45) is 11.3 Å². The van der Waals surface area contributed by atoms with Crippen LogP contribution in [0.5, 0.6) is 0 Å². The van der Waals surface area contributed by atoms with Crippen LogP contribution in [0.15, 0.2) is 60.7 Å². The lowest BCUT2D eigenvalue weighted by Gasteiger charge is -2.38. The number of carbonyl (C=O) groups excluding carboxylic acids is 2. The van der Waals surface area contributed by atoms with Crippen molar-refractivity contribution < 1.29 is 9.59 Å². The zero-order valence-electron chi connectivity index (χ0n) is 17.8. The van der Waals surface area contributed by atoms with Gasteiger partial charge in [0, 0.05) is 25.3 Å². The summed E-state index contributed by atoms with van der Waals surface area (Å²) in [6, 6.07) is 20.1. The summed E-state index contributed by atoms with van der Waals surface area (Å²) in [5.74, 6) is 0.398. The third-order valence-electron chi connectivity index (χ3n) is 5.97. The molecule has 0 bridgehead atoms. The third kappa shape index (κ3) is 4.87. The minimum absolute atomic E-state index is 0.0601. The zero-order chi connectivity index (χ0) is 20.9. The molecule has 1 aliphatic heterocycles. The first-order valence-electron chi connectivity index (χ1n) is 10.6. The first kappa shape index (κ1) is 21.1. The Morgan fingerprint density at radius 1 is 0.966 bits per heavy atom. The number of hydrogen-bond donors (Lipinski definition) is 0. The monoisotopic (exact) mass is 392 g/mol. The van der Waals surface area contributed by atoms with Crippen LogP contribution in [-0.4, -0.2) is 36.3 Å². The number of carbonyl (C=O) groups is 2. The molecule has 4 heteroatoms. The minimum atomic E-state index is -1.07. The van der Waals surface area contributed by atoms with Gasteiger partial charge in [-0.1, -0.05) is 48.5 Å². The Labute approximate surface area is 174 Å². The number of nitrogens with zero attached hydrogens (tertiary/aromatic N) is 2. The van der Waals surface area contributed by atoms with Gasteiger partial charge in [-0.25, -0.2) is 0 Å². The van der Waals surface area contributed by atoms with Crippen LogP contribution >= 0.6 is 0 Å². The molecule has 0 atom stereocenters. The number of benzene rings is 2. The van der Waals surface area contributed by atoms with Crippen LogP contribution in [0.1, 0.15) is 39.2 Å². The lowest BCUT2D eigenvalue weighted by atomic mass is 9.86. The molecule has 0 N–H and O–H groups in total. The van der Waals surface area contributed by atoms with E-state index in [1.54, 1.807) is 18.7 Å². The maximum atomic E-state index is 13.3. The Balaban J connectivity index is 1.62. The van der Waals surface area contributed by atoms with Crippen molar-refractivity contribution >= 4 is 17.5 Å². The molecule has 0 saturated carbocycles. The van der Waals surface area contributed by atoms with Gasteiger partial charge in [0.05, 0.1) is 0 Å². The summed E-state index contributed by atoms with van der Waals surface area (Å²) in [5.41, 5.74) is 1.12. The van der Waals surface area contributed by atoms with Crippen LogP contribution in [0.3, 0.4) is 0 Å². The van der Waals surface area contributed by atoms with Gasteiger partial charge >= 0.3 is 0 Å². The molecule has 0 radical (unpaired) electrons. The third-order valence-corrected chi connectivity index (χ3v) is 5.97. The Morgan fingerprint density at radius 3 is 2.07 bits per heavy atom. The Bertz CT molecular complexity index is 809. The van der Waals surface area contributed by atoms with E-state index in [9.17, 15) is 9.59 Å². The Hall–Kier alpha value is -2.62. The quantitative estimate of drug-likeness (QED) is 0.677. The van der Waals surface area contributed by atoms with Gasteiger partial charge < -0.3 is 9.80 Å². The maximum absolute atomic E-state index is 13.3. The number of likely N-dealkylation sites (tertiary alicyclic amines) is 1. The maximum Gasteiger partial charge on any atom is 0.242 e. The van der Waals surface area contributed by atoms with Gasteiger partial charge in [0.25, 0.3) is 0 Å². The molecule has 1 aliphatic rings. The molecule has 4 nitrogen and oxygen atoms in total. The summed E-state index contributed by atoms with van der Waals surface area (Å²) in [6.07, 6.45) is 3.03. The van der Waals surface area contributed by atoms with Crippen LogP contribution in [0.2, 0.25) is 0 Å². The summed E-state index contributed by atoms with van der Waals surface area (Å²) >= 11 is 0. The zero-order valence-corrected chi connectivity index (χ0v) is 17.8. The van der Waals surface area contributed by atoms with E-state index in [0.717, 1.165) is 38.0 Å². The number of para-hydroxylation sites is 1. The Kier molecular flexibility index (Phi) is 6.73. The van der Waals surface area contributed by atoms with Crippen molar-refractivity contribution in [1.29, 1.82) is 0 Å². The van der Waals surface area contributed by atoms with E-state index in [1.807, 2.05) is 48.2 Å². The molecule has 1 fully saturated rings. The molecular formula is C25H32N2O2. The summed E-state index contributed by atoms with van der Waals surface area (Å²) in [7, 11) is 0. The van der Waals surface area contributed by atoms with Gasteiger partial charge in [-0.05, 0) is 63.6 Å². The molecule has 0 unspecified atom stereocenters. The molecule has 29 heavy (non-hydrogen) atoms. The van der Waals surface area contributed by atoms with E-state index in [2.05, 4.69) is 24.3 Å². The normalized spacial score (nSPS) is 15.2. The second kappa shape index (κ2) is 9.25. The van der Waals surface area contributed by atoms with Crippen molar-refractivity contribution in [3.63, 3.8) is 0 Å². The van der Waals surface area contributed by atoms with Crippen molar-refractivity contribution in [2.75, 3.05) is 24.5 Å². The number of piperidine rings is 1. The topological polar surface area (TPSA) is 40.6 Å². The van der Waals surface area contributed by atoms with Crippen LogP contribution < -0.4 is 4.90 Å². The molecule has 0 spiro atoms. The molecule has 3 rings (SSSR count). The van der Waals surface area contributed by atoms with Crippen molar-refractivity contribution in [3.8, 4) is 0 Å². The summed E-state index contributed by atoms with van der Waals surface area (Å²) < 4.78 is 0. The van der Waals surface area contributed by atoms with Crippen LogP contribution in [0.4, 0.5) is 5.69 Å². The van der Waals surface area contributed by atoms with E-state index in [1.165, 1.54) is 5.56 Å². The fourth-order valence-electron chi connectivity index (χ4n) is 4.16. The van der Waals surface area contributed by atoms with Gasteiger partial charge in [-0.3, -0.25) is 9.59 Å².